The lowest BCUT2D eigenvalue weighted by molar-refractivity contribution is 0.0989. The predicted molar refractivity (Wildman–Crippen MR) is 223 cm³/mol. The van der Waals surface area contributed by atoms with Gasteiger partial charge in [0.1, 0.15) is 23.8 Å². The van der Waals surface area contributed by atoms with E-state index in [1.165, 1.54) is 54.4 Å². The molecule has 5 aliphatic carbocycles. The second-order valence-corrected chi connectivity index (χ2v) is 17.9. The highest BCUT2D eigenvalue weighted by Gasteiger charge is 2.52. The van der Waals surface area contributed by atoms with E-state index < -0.39 is 5.66 Å². The Bertz CT molecular complexity index is 2350. The topological polar surface area (TPSA) is 48.9 Å². The fourth-order valence-corrected chi connectivity index (χ4v) is 12.2. The summed E-state index contributed by atoms with van der Waals surface area (Å²) in [6.07, 6.45) is 33.3. The summed E-state index contributed by atoms with van der Waals surface area (Å²) >= 11 is 1.98. The van der Waals surface area contributed by atoms with Gasteiger partial charge in [-0.3, -0.25) is 5.32 Å². The molecule has 9 atom stereocenters. The SMILES string of the molecule is CC1C=C(C2NC(c3ccccc3)=NC(C)(C3CC4=C(CC3C)C3C=CC=C(N5c6c(ccc7c8c(sc67)C=CCC8)[C@H]6C=CC=CC65)C3O4)N2)C=CC1. The molecule has 3 aromatic rings. The van der Waals surface area contributed by atoms with E-state index in [0.717, 1.165) is 43.5 Å². The van der Waals surface area contributed by atoms with Crippen molar-refractivity contribution in [1.29, 1.82) is 0 Å². The van der Waals surface area contributed by atoms with E-state index in [1.54, 1.807) is 0 Å². The minimum Gasteiger partial charge on any atom is -0.488 e. The Hall–Kier alpha value is -4.65. The molecule has 0 amide bonds. The molecular weight excluding hydrogens is 681 g/mol. The number of nitrogens with one attached hydrogen (secondary N) is 2. The van der Waals surface area contributed by atoms with Crippen molar-refractivity contribution in [2.45, 2.75) is 82.8 Å². The maximum atomic E-state index is 7.32. The molecule has 2 aromatic carbocycles. The maximum Gasteiger partial charge on any atom is 0.148 e. The quantitative estimate of drug-likeness (QED) is 0.281. The van der Waals surface area contributed by atoms with Crippen LogP contribution < -0.4 is 15.5 Å². The summed E-state index contributed by atoms with van der Waals surface area (Å²) in [5, 5.41) is 9.28. The van der Waals surface area contributed by atoms with E-state index in [-0.39, 0.29) is 30.1 Å². The number of ether oxygens (including phenoxy) is 1. The number of thiophene rings is 1. The molecule has 0 spiro atoms. The number of allylic oxidation sites excluding steroid dienone is 8. The smallest absolute Gasteiger partial charge is 0.148 e. The van der Waals surface area contributed by atoms with Crippen LogP contribution in [0.25, 0.3) is 16.2 Å². The van der Waals surface area contributed by atoms with Crippen molar-refractivity contribution in [2.75, 3.05) is 4.90 Å². The number of aryl methyl sites for hydroxylation is 1. The van der Waals surface area contributed by atoms with Crippen molar-refractivity contribution in [1.82, 2.24) is 10.6 Å². The highest BCUT2D eigenvalue weighted by molar-refractivity contribution is 7.20. The summed E-state index contributed by atoms with van der Waals surface area (Å²) in [4.78, 5) is 9.65. The van der Waals surface area contributed by atoms with E-state index in [1.807, 2.05) is 11.3 Å². The molecule has 11 rings (SSSR count). The van der Waals surface area contributed by atoms with Gasteiger partial charge in [0.2, 0.25) is 0 Å². The molecule has 2 N–H and O–H groups in total. The second kappa shape index (κ2) is 12.4. The summed E-state index contributed by atoms with van der Waals surface area (Å²) in [5.74, 6) is 3.93. The van der Waals surface area contributed by atoms with Gasteiger partial charge >= 0.3 is 0 Å². The van der Waals surface area contributed by atoms with Crippen molar-refractivity contribution in [3.8, 4) is 0 Å². The molecule has 4 heterocycles. The first-order chi connectivity index (χ1) is 26.4. The van der Waals surface area contributed by atoms with Crippen molar-refractivity contribution in [3.05, 3.63) is 153 Å². The number of anilines is 1. The van der Waals surface area contributed by atoms with Crippen LogP contribution in [0.5, 0.6) is 0 Å². The predicted octanol–water partition coefficient (Wildman–Crippen LogP) is 10.2. The van der Waals surface area contributed by atoms with E-state index in [4.69, 9.17) is 9.73 Å². The molecule has 272 valence electrons. The van der Waals surface area contributed by atoms with E-state index in [9.17, 15) is 0 Å². The van der Waals surface area contributed by atoms with Gasteiger partial charge in [-0.2, -0.15) is 0 Å². The normalized spacial score (nSPS) is 34.4. The number of benzene rings is 2. The van der Waals surface area contributed by atoms with Crippen LogP contribution in [-0.2, 0) is 11.2 Å². The Morgan fingerprint density at radius 1 is 0.944 bits per heavy atom. The Morgan fingerprint density at radius 3 is 2.70 bits per heavy atom. The number of rotatable bonds is 4. The average molecular weight is 729 g/mol. The van der Waals surface area contributed by atoms with Crippen LogP contribution in [0.4, 0.5) is 5.69 Å². The molecular formula is C48H48N4OS. The molecule has 8 aliphatic rings. The standard InChI is InChI=1S/C48H48N4OS/c1-28-13-11-16-31(25-28)47-49-46(30-14-5-4-6-15-30)50-48(3,51-47)38-27-41-37(26-29(38)2)35-19-12-21-40(44(35)53-41)52-39-20-9-7-17-32(39)34-23-24-36-33-18-8-10-22-42(33)54-45(36)43(34)52/h4-7,9-12,14-17,19-25,28-29,32,35,38-39,44,47,51H,8,13,18,26-27H2,1-3H3,(H,49,50)/t28?,29?,32-,35?,38?,39?,44?,47?,48?/m1/s1. The molecule has 0 saturated heterocycles. The number of hydrogen-bond donors (Lipinski definition) is 2. The molecule has 0 fully saturated rings. The largest absolute Gasteiger partial charge is 0.488 e. The zero-order chi connectivity index (χ0) is 36.1. The Labute approximate surface area is 323 Å². The summed E-state index contributed by atoms with van der Waals surface area (Å²) in [7, 11) is 0. The number of nitrogens with zero attached hydrogens (tertiary/aromatic N) is 2. The third kappa shape index (κ3) is 5.02. The van der Waals surface area contributed by atoms with Gasteiger partial charge in [-0.25, -0.2) is 4.99 Å². The minimum atomic E-state index is -0.487. The summed E-state index contributed by atoms with van der Waals surface area (Å²) < 4.78 is 8.75. The zero-order valence-electron chi connectivity index (χ0n) is 31.3. The third-order valence-electron chi connectivity index (χ3n) is 13.4. The molecule has 0 saturated carbocycles. The molecule has 3 aliphatic heterocycles. The molecule has 0 bridgehead atoms. The van der Waals surface area contributed by atoms with Gasteiger partial charge in [-0.05, 0) is 84.3 Å². The van der Waals surface area contributed by atoms with E-state index in [2.05, 4.69) is 152 Å². The van der Waals surface area contributed by atoms with Gasteiger partial charge < -0.3 is 15.0 Å². The average Bonchev–Trinajstić information content (AvgIpc) is 3.87. The molecule has 5 nitrogen and oxygen atoms in total. The summed E-state index contributed by atoms with van der Waals surface area (Å²) in [6, 6.07) is 15.7. The fourth-order valence-electron chi connectivity index (χ4n) is 10.9. The first-order valence-electron chi connectivity index (χ1n) is 20.2. The molecule has 8 unspecified atom stereocenters. The van der Waals surface area contributed by atoms with Crippen LogP contribution >= 0.6 is 11.3 Å². The number of aliphatic imine (C=N–C) groups is 1. The van der Waals surface area contributed by atoms with Crippen LogP contribution in [0.3, 0.4) is 0 Å². The zero-order valence-corrected chi connectivity index (χ0v) is 32.2. The lowest BCUT2D eigenvalue weighted by Crippen LogP contribution is -2.64. The Morgan fingerprint density at radius 2 is 1.81 bits per heavy atom. The van der Waals surface area contributed by atoms with Crippen LogP contribution in [0.1, 0.15) is 73.9 Å². The molecule has 0 radical (unpaired) electrons. The van der Waals surface area contributed by atoms with E-state index >= 15 is 0 Å². The highest BCUT2D eigenvalue weighted by atomic mass is 32.1. The van der Waals surface area contributed by atoms with Gasteiger partial charge in [-0.15, -0.1) is 11.3 Å². The maximum absolute atomic E-state index is 7.32. The van der Waals surface area contributed by atoms with Gasteiger partial charge in [0.05, 0.1) is 27.9 Å². The Balaban J connectivity index is 0.941. The first kappa shape index (κ1) is 32.8. The number of hydrogen-bond acceptors (Lipinski definition) is 6. The van der Waals surface area contributed by atoms with Crippen molar-refractivity contribution < 1.29 is 4.74 Å². The van der Waals surface area contributed by atoms with Crippen LogP contribution in [-0.4, -0.2) is 29.8 Å². The fraction of sp³-hybridized carbons (Fsp3) is 0.354. The lowest BCUT2D eigenvalue weighted by Gasteiger charge is -2.47. The van der Waals surface area contributed by atoms with Crippen LogP contribution in [0.2, 0.25) is 0 Å². The number of amidine groups is 1. The minimum absolute atomic E-state index is 0.0233. The molecule has 6 heteroatoms. The van der Waals surface area contributed by atoms with Crippen LogP contribution in [0.15, 0.2) is 137 Å². The molecule has 1 aromatic heterocycles. The monoisotopic (exact) mass is 728 g/mol. The third-order valence-corrected chi connectivity index (χ3v) is 14.7. The molecule has 54 heavy (non-hydrogen) atoms. The summed E-state index contributed by atoms with van der Waals surface area (Å²) in [5.41, 5.74) is 9.08. The van der Waals surface area contributed by atoms with Crippen molar-refractivity contribution >= 4 is 39.0 Å². The van der Waals surface area contributed by atoms with E-state index in [0.29, 0.717) is 17.8 Å². The van der Waals surface area contributed by atoms with Gasteiger partial charge in [-0.1, -0.05) is 117 Å². The summed E-state index contributed by atoms with van der Waals surface area (Å²) in [6.45, 7) is 7.07. The number of fused-ring (bicyclic) bond motifs is 9. The van der Waals surface area contributed by atoms with Crippen molar-refractivity contribution in [3.63, 3.8) is 0 Å². The van der Waals surface area contributed by atoms with Gasteiger partial charge in [0.25, 0.3) is 0 Å². The van der Waals surface area contributed by atoms with Gasteiger partial charge in [0.15, 0.2) is 0 Å². The van der Waals surface area contributed by atoms with Gasteiger partial charge in [0, 0.05) is 34.6 Å². The first-order valence-corrected chi connectivity index (χ1v) is 21.0. The highest BCUT2D eigenvalue weighted by Crippen LogP contribution is 2.56. The second-order valence-electron chi connectivity index (χ2n) is 16.9. The van der Waals surface area contributed by atoms with Crippen molar-refractivity contribution in [2.24, 2.45) is 28.7 Å². The lowest BCUT2D eigenvalue weighted by atomic mass is 9.70. The van der Waals surface area contributed by atoms with Crippen LogP contribution in [0, 0.1) is 23.7 Å². The Kier molecular flexibility index (Phi) is 7.54.